The van der Waals surface area contributed by atoms with Crippen LogP contribution in [0.1, 0.15) is 29.8 Å². The highest BCUT2D eigenvalue weighted by atomic mass is 35.5. The molecule has 27 heavy (non-hydrogen) atoms. The summed E-state index contributed by atoms with van der Waals surface area (Å²) in [6.45, 7) is 4.12. The molecule has 3 rings (SSSR count). The quantitative estimate of drug-likeness (QED) is 0.766. The molecule has 0 saturated carbocycles. The number of amides is 2. The first-order valence-corrected chi connectivity index (χ1v) is 9.88. The molecule has 0 spiro atoms. The molecule has 0 aliphatic carbocycles. The van der Waals surface area contributed by atoms with Crippen molar-refractivity contribution >= 4 is 51.7 Å². The lowest BCUT2D eigenvalue weighted by Gasteiger charge is -2.42. The first-order valence-electron chi connectivity index (χ1n) is 8.27. The van der Waals surface area contributed by atoms with Gasteiger partial charge >= 0.3 is 0 Å². The minimum Gasteiger partial charge on any atom is -0.339 e. The predicted molar refractivity (Wildman–Crippen MR) is 112 cm³/mol. The Bertz CT molecular complexity index is 872. The number of carbonyl (C=O) groups is 2. The number of carbonyl (C=O) groups excluding carboxylic acids is 2. The van der Waals surface area contributed by atoms with Crippen LogP contribution in [0, 0.1) is 0 Å². The molecule has 1 aromatic carbocycles. The Morgan fingerprint density at radius 2 is 2.04 bits per heavy atom. The van der Waals surface area contributed by atoms with Crippen molar-refractivity contribution in [2.45, 2.75) is 31.2 Å². The van der Waals surface area contributed by atoms with E-state index in [-0.39, 0.29) is 11.8 Å². The normalized spacial score (nSPS) is 19.1. The van der Waals surface area contributed by atoms with Gasteiger partial charge < -0.3 is 5.32 Å². The number of benzene rings is 1. The van der Waals surface area contributed by atoms with Crippen LogP contribution in [0.2, 0.25) is 5.02 Å². The summed E-state index contributed by atoms with van der Waals surface area (Å²) < 4.78 is -0.0762. The van der Waals surface area contributed by atoms with Gasteiger partial charge in [0, 0.05) is 27.7 Å². The summed E-state index contributed by atoms with van der Waals surface area (Å²) in [6.07, 6.45) is 3.37. The summed E-state index contributed by atoms with van der Waals surface area (Å²) in [5.41, 5.74) is 1.32. The number of hydrogen-bond acceptors (Lipinski definition) is 5. The average Bonchev–Trinajstić information content (AvgIpc) is 2.63. The van der Waals surface area contributed by atoms with Crippen molar-refractivity contribution in [3.8, 4) is 0 Å². The number of halogens is 1. The van der Waals surface area contributed by atoms with Crippen molar-refractivity contribution in [1.82, 2.24) is 15.2 Å². The number of pyridine rings is 1. The Balaban J connectivity index is 1.81. The molecule has 0 radical (unpaired) electrons. The molecule has 1 saturated heterocycles. The van der Waals surface area contributed by atoms with Crippen LogP contribution in [-0.4, -0.2) is 36.8 Å². The Morgan fingerprint density at radius 1 is 1.33 bits per heavy atom. The first kappa shape index (κ1) is 19.8. The fourth-order valence-corrected chi connectivity index (χ4v) is 4.67. The molecule has 1 unspecified atom stereocenters. The highest BCUT2D eigenvalue weighted by Crippen LogP contribution is 2.37. The third-order valence-corrected chi connectivity index (χ3v) is 6.10. The molecule has 1 aromatic heterocycles. The van der Waals surface area contributed by atoms with Crippen molar-refractivity contribution in [3.63, 3.8) is 0 Å². The Morgan fingerprint density at radius 3 is 2.67 bits per heavy atom. The van der Waals surface area contributed by atoms with Gasteiger partial charge in [0.25, 0.3) is 11.8 Å². The van der Waals surface area contributed by atoms with Crippen molar-refractivity contribution in [1.29, 1.82) is 0 Å². The fraction of sp³-hybridized carbons (Fsp3) is 0.263. The topological polar surface area (TPSA) is 62.3 Å². The van der Waals surface area contributed by atoms with Gasteiger partial charge in [-0.2, -0.15) is 0 Å². The Kier molecular flexibility index (Phi) is 5.83. The molecule has 2 heterocycles. The second-order valence-electron chi connectivity index (χ2n) is 6.67. The van der Waals surface area contributed by atoms with E-state index in [1.54, 1.807) is 36.7 Å². The molecule has 140 valence electrons. The second-order valence-corrected chi connectivity index (χ2v) is 9.40. The van der Waals surface area contributed by atoms with Crippen LogP contribution in [0.5, 0.6) is 0 Å². The minimum absolute atomic E-state index is 0.227. The lowest BCUT2D eigenvalue weighted by atomic mass is 10.00. The standard InChI is InChI=1S/C19H18ClN3O2S2/c1-19(2)15(22-16(24)13-5-7-14(20)8-6-13)17(25)23(18(26)27-19)11-12-4-3-9-21-10-12/h3-10,15H,11H2,1-2H3,(H,22,24). The van der Waals surface area contributed by atoms with Gasteiger partial charge in [-0.3, -0.25) is 19.5 Å². The van der Waals surface area contributed by atoms with Crippen LogP contribution in [0.4, 0.5) is 0 Å². The summed E-state index contributed by atoms with van der Waals surface area (Å²) in [5.74, 6) is -0.553. The monoisotopic (exact) mass is 419 g/mol. The molecular weight excluding hydrogens is 402 g/mol. The summed E-state index contributed by atoms with van der Waals surface area (Å²) in [4.78, 5) is 31.4. The molecule has 2 amide bonds. The van der Waals surface area contributed by atoms with Gasteiger partial charge in [0.2, 0.25) is 0 Å². The molecule has 2 aromatic rings. The maximum Gasteiger partial charge on any atom is 0.252 e. The largest absolute Gasteiger partial charge is 0.339 e. The maximum atomic E-state index is 13.1. The van der Waals surface area contributed by atoms with E-state index in [0.717, 1.165) is 5.56 Å². The van der Waals surface area contributed by atoms with Crippen molar-refractivity contribution in [2.75, 3.05) is 0 Å². The lowest BCUT2D eigenvalue weighted by Crippen LogP contribution is -2.62. The molecule has 1 N–H and O–H groups in total. The van der Waals surface area contributed by atoms with E-state index in [2.05, 4.69) is 10.3 Å². The van der Waals surface area contributed by atoms with Crippen LogP contribution in [-0.2, 0) is 11.3 Å². The van der Waals surface area contributed by atoms with E-state index in [4.69, 9.17) is 23.8 Å². The molecule has 1 aliphatic heterocycles. The minimum atomic E-state index is -0.714. The number of thioether (sulfide) groups is 1. The fourth-order valence-electron chi connectivity index (χ4n) is 2.75. The van der Waals surface area contributed by atoms with Gasteiger partial charge in [0.1, 0.15) is 10.4 Å². The molecule has 1 aliphatic rings. The molecule has 5 nitrogen and oxygen atoms in total. The van der Waals surface area contributed by atoms with E-state index >= 15 is 0 Å². The van der Waals surface area contributed by atoms with Crippen LogP contribution < -0.4 is 5.32 Å². The van der Waals surface area contributed by atoms with Crippen LogP contribution in [0.15, 0.2) is 48.8 Å². The van der Waals surface area contributed by atoms with Crippen LogP contribution in [0.25, 0.3) is 0 Å². The SMILES string of the molecule is CC1(C)SC(=S)N(Cc2cccnc2)C(=O)C1NC(=O)c1ccc(Cl)cc1. The average molecular weight is 420 g/mol. The van der Waals surface area contributed by atoms with Crippen molar-refractivity contribution in [2.24, 2.45) is 0 Å². The Labute approximate surface area is 172 Å². The van der Waals surface area contributed by atoms with Gasteiger partial charge in [-0.15, -0.1) is 0 Å². The molecule has 8 heteroatoms. The van der Waals surface area contributed by atoms with E-state index in [1.807, 2.05) is 26.0 Å². The molecule has 1 atom stereocenters. The smallest absolute Gasteiger partial charge is 0.252 e. The van der Waals surface area contributed by atoms with Crippen LogP contribution >= 0.6 is 35.6 Å². The zero-order valence-corrected chi connectivity index (χ0v) is 17.2. The summed E-state index contributed by atoms with van der Waals surface area (Å²) in [6, 6.07) is 9.52. The highest BCUT2D eigenvalue weighted by molar-refractivity contribution is 8.24. The highest BCUT2D eigenvalue weighted by Gasteiger charge is 2.46. The zero-order chi connectivity index (χ0) is 19.6. The van der Waals surface area contributed by atoms with E-state index in [1.165, 1.54) is 16.7 Å². The zero-order valence-electron chi connectivity index (χ0n) is 14.8. The van der Waals surface area contributed by atoms with E-state index in [0.29, 0.717) is 21.5 Å². The molecule has 1 fully saturated rings. The second kappa shape index (κ2) is 7.96. The van der Waals surface area contributed by atoms with Crippen molar-refractivity contribution < 1.29 is 9.59 Å². The van der Waals surface area contributed by atoms with E-state index in [9.17, 15) is 9.59 Å². The van der Waals surface area contributed by atoms with Crippen LogP contribution in [0.3, 0.4) is 0 Å². The number of nitrogens with one attached hydrogen (secondary N) is 1. The number of nitrogens with zero attached hydrogens (tertiary/aromatic N) is 2. The summed E-state index contributed by atoms with van der Waals surface area (Å²) in [7, 11) is 0. The lowest BCUT2D eigenvalue weighted by molar-refractivity contribution is -0.130. The number of thiocarbonyl (C=S) groups is 1. The third kappa shape index (κ3) is 4.48. The number of hydrogen-bond donors (Lipinski definition) is 1. The van der Waals surface area contributed by atoms with Gasteiger partial charge in [0.15, 0.2) is 0 Å². The molecular formula is C19H18ClN3O2S2. The van der Waals surface area contributed by atoms with Gasteiger partial charge in [-0.05, 0) is 49.7 Å². The maximum absolute atomic E-state index is 13.1. The molecule has 0 bridgehead atoms. The van der Waals surface area contributed by atoms with Crippen molar-refractivity contribution in [3.05, 3.63) is 64.9 Å². The summed E-state index contributed by atoms with van der Waals surface area (Å²) >= 11 is 12.7. The predicted octanol–water partition coefficient (Wildman–Crippen LogP) is 3.67. The Hall–Kier alpha value is -1.96. The third-order valence-electron chi connectivity index (χ3n) is 4.22. The van der Waals surface area contributed by atoms with Gasteiger partial charge in [-0.1, -0.05) is 41.6 Å². The number of rotatable bonds is 4. The van der Waals surface area contributed by atoms with E-state index < -0.39 is 10.8 Å². The first-order chi connectivity index (χ1) is 12.8. The van der Waals surface area contributed by atoms with Gasteiger partial charge in [0.05, 0.1) is 6.54 Å². The van der Waals surface area contributed by atoms with Gasteiger partial charge in [-0.25, -0.2) is 0 Å². The summed E-state index contributed by atoms with van der Waals surface area (Å²) in [5, 5.41) is 3.41. The number of aromatic nitrogens is 1.